The van der Waals surface area contributed by atoms with E-state index in [1.165, 1.54) is 10.9 Å². The minimum Gasteiger partial charge on any atom is -0.355 e. The van der Waals surface area contributed by atoms with Crippen molar-refractivity contribution in [3.05, 3.63) is 89.6 Å². The fourth-order valence-corrected chi connectivity index (χ4v) is 4.78. The van der Waals surface area contributed by atoms with Crippen molar-refractivity contribution in [1.82, 2.24) is 9.88 Å². The van der Waals surface area contributed by atoms with Gasteiger partial charge in [0.2, 0.25) is 0 Å². The Labute approximate surface area is 201 Å². The maximum absolute atomic E-state index is 12.8. The zero-order valence-electron chi connectivity index (χ0n) is 19.9. The van der Waals surface area contributed by atoms with Crippen molar-refractivity contribution < 1.29 is 4.79 Å². The van der Waals surface area contributed by atoms with Gasteiger partial charge in [0, 0.05) is 27.8 Å². The first-order valence-electron chi connectivity index (χ1n) is 12.2. The van der Waals surface area contributed by atoms with E-state index in [0.29, 0.717) is 5.57 Å². The van der Waals surface area contributed by atoms with Gasteiger partial charge in [-0.15, -0.1) is 0 Å². The molecule has 4 aromatic rings. The van der Waals surface area contributed by atoms with Crippen LogP contribution >= 0.6 is 0 Å². The molecule has 3 aromatic carbocycles. The van der Waals surface area contributed by atoms with Crippen LogP contribution < -0.4 is 5.32 Å². The Morgan fingerprint density at radius 2 is 1.71 bits per heavy atom. The molecule has 1 aliphatic rings. The standard InChI is InChI=1S/C30H31N3O/c1-3-33(4-2)16-8-9-21-12-14-28-24(17-21)18-25(31-28)20-27-26-19-23(22-10-6-5-7-11-22)13-15-29(26)32-30(27)34/h5-7,10-15,17-20,31H,3-4,8-9,16H2,1-2H3,(H,32,34)/b27-20+. The number of aromatic amines is 1. The van der Waals surface area contributed by atoms with E-state index < -0.39 is 0 Å². The number of hydrogen-bond donors (Lipinski definition) is 2. The highest BCUT2D eigenvalue weighted by Crippen LogP contribution is 2.36. The minimum atomic E-state index is -0.0593. The van der Waals surface area contributed by atoms with Gasteiger partial charge in [0.1, 0.15) is 0 Å². The molecule has 1 aliphatic heterocycles. The molecule has 0 spiro atoms. The molecule has 34 heavy (non-hydrogen) atoms. The largest absolute Gasteiger partial charge is 0.355 e. The third-order valence-corrected chi connectivity index (χ3v) is 6.75. The van der Waals surface area contributed by atoms with Crippen LogP contribution in [0.3, 0.4) is 0 Å². The van der Waals surface area contributed by atoms with Gasteiger partial charge in [-0.3, -0.25) is 4.79 Å². The van der Waals surface area contributed by atoms with Crippen LogP contribution in [0.25, 0.3) is 33.7 Å². The van der Waals surface area contributed by atoms with E-state index in [1.54, 1.807) is 0 Å². The fraction of sp³-hybridized carbons (Fsp3) is 0.233. The second kappa shape index (κ2) is 9.70. The Kier molecular flexibility index (Phi) is 6.33. The van der Waals surface area contributed by atoms with Gasteiger partial charge in [-0.2, -0.15) is 0 Å². The summed E-state index contributed by atoms with van der Waals surface area (Å²) in [7, 11) is 0. The molecule has 0 saturated carbocycles. The van der Waals surface area contributed by atoms with Gasteiger partial charge in [0.05, 0.1) is 5.57 Å². The molecule has 5 rings (SSSR count). The number of carbonyl (C=O) groups is 1. The second-order valence-corrected chi connectivity index (χ2v) is 8.92. The Morgan fingerprint density at radius 3 is 2.50 bits per heavy atom. The van der Waals surface area contributed by atoms with Crippen LogP contribution in [0.5, 0.6) is 0 Å². The summed E-state index contributed by atoms with van der Waals surface area (Å²) in [6.07, 6.45) is 4.21. The molecule has 2 heterocycles. The first-order chi connectivity index (χ1) is 16.6. The summed E-state index contributed by atoms with van der Waals surface area (Å²) >= 11 is 0. The van der Waals surface area contributed by atoms with E-state index in [0.717, 1.165) is 66.1 Å². The molecule has 4 nitrogen and oxygen atoms in total. The van der Waals surface area contributed by atoms with Crippen LogP contribution in [0.2, 0.25) is 0 Å². The van der Waals surface area contributed by atoms with Crippen molar-refractivity contribution in [1.29, 1.82) is 0 Å². The van der Waals surface area contributed by atoms with Crippen LogP contribution in [-0.2, 0) is 11.2 Å². The molecule has 0 unspecified atom stereocenters. The zero-order valence-corrected chi connectivity index (χ0v) is 19.9. The lowest BCUT2D eigenvalue weighted by Gasteiger charge is -2.17. The summed E-state index contributed by atoms with van der Waals surface area (Å²) in [6, 6.07) is 25.2. The van der Waals surface area contributed by atoms with E-state index in [9.17, 15) is 4.79 Å². The number of carbonyl (C=O) groups excluding carboxylic acids is 1. The van der Waals surface area contributed by atoms with Crippen molar-refractivity contribution in [3.8, 4) is 11.1 Å². The lowest BCUT2D eigenvalue weighted by atomic mass is 9.99. The van der Waals surface area contributed by atoms with Crippen LogP contribution in [0.4, 0.5) is 5.69 Å². The molecule has 0 atom stereocenters. The number of rotatable bonds is 8. The number of aromatic nitrogens is 1. The smallest absolute Gasteiger partial charge is 0.256 e. The Bertz CT molecular complexity index is 1350. The first kappa shape index (κ1) is 22.2. The number of hydrogen-bond acceptors (Lipinski definition) is 2. The van der Waals surface area contributed by atoms with Gasteiger partial charge in [-0.1, -0.05) is 56.3 Å². The molecule has 0 aliphatic carbocycles. The van der Waals surface area contributed by atoms with Crippen LogP contribution in [0.1, 0.15) is 37.1 Å². The topological polar surface area (TPSA) is 48.1 Å². The SMILES string of the molecule is CCN(CC)CCCc1ccc2[nH]c(/C=C3/C(=O)Nc4ccc(-c5ccccc5)cc43)cc2c1. The van der Waals surface area contributed by atoms with Crippen LogP contribution in [0, 0.1) is 0 Å². The van der Waals surface area contributed by atoms with Gasteiger partial charge >= 0.3 is 0 Å². The van der Waals surface area contributed by atoms with Crippen molar-refractivity contribution >= 4 is 34.1 Å². The summed E-state index contributed by atoms with van der Waals surface area (Å²) in [5.74, 6) is -0.0593. The number of amides is 1. The van der Waals surface area contributed by atoms with Crippen LogP contribution in [0.15, 0.2) is 72.8 Å². The quantitative estimate of drug-likeness (QED) is 0.298. The molecule has 2 N–H and O–H groups in total. The second-order valence-electron chi connectivity index (χ2n) is 8.92. The van der Waals surface area contributed by atoms with E-state index >= 15 is 0 Å². The van der Waals surface area contributed by atoms with Crippen molar-refractivity contribution in [2.45, 2.75) is 26.7 Å². The summed E-state index contributed by atoms with van der Waals surface area (Å²) in [5.41, 5.74) is 8.14. The molecule has 1 aromatic heterocycles. The van der Waals surface area contributed by atoms with E-state index in [1.807, 2.05) is 30.3 Å². The maximum Gasteiger partial charge on any atom is 0.256 e. The number of aryl methyl sites for hydroxylation is 1. The van der Waals surface area contributed by atoms with Crippen LogP contribution in [-0.4, -0.2) is 35.4 Å². The van der Waals surface area contributed by atoms with Gasteiger partial charge < -0.3 is 15.2 Å². The minimum absolute atomic E-state index is 0.0593. The molecule has 0 saturated heterocycles. The number of fused-ring (bicyclic) bond motifs is 2. The molecule has 1 amide bonds. The molecule has 0 radical (unpaired) electrons. The van der Waals surface area contributed by atoms with Gasteiger partial charge in [0.15, 0.2) is 0 Å². The number of H-pyrrole nitrogens is 1. The maximum atomic E-state index is 12.8. The molecule has 0 bridgehead atoms. The molecule has 4 heteroatoms. The Balaban J connectivity index is 1.40. The summed E-state index contributed by atoms with van der Waals surface area (Å²) in [5, 5.41) is 4.19. The van der Waals surface area contributed by atoms with Crippen molar-refractivity contribution in [2.75, 3.05) is 25.0 Å². The number of anilines is 1. The molecule has 172 valence electrons. The fourth-order valence-electron chi connectivity index (χ4n) is 4.78. The third-order valence-electron chi connectivity index (χ3n) is 6.75. The van der Waals surface area contributed by atoms with Gasteiger partial charge in [-0.25, -0.2) is 0 Å². The molecule has 0 fully saturated rings. The van der Waals surface area contributed by atoms with Gasteiger partial charge in [-0.05, 0) is 85.6 Å². The summed E-state index contributed by atoms with van der Waals surface area (Å²) < 4.78 is 0. The predicted octanol–water partition coefficient (Wildman–Crippen LogP) is 6.60. The lowest BCUT2D eigenvalue weighted by molar-refractivity contribution is -0.110. The van der Waals surface area contributed by atoms with Crippen molar-refractivity contribution in [3.63, 3.8) is 0 Å². The van der Waals surface area contributed by atoms with Gasteiger partial charge in [0.25, 0.3) is 5.91 Å². The summed E-state index contributed by atoms with van der Waals surface area (Å²) in [4.78, 5) is 18.7. The van der Waals surface area contributed by atoms with E-state index in [2.05, 4.69) is 77.6 Å². The summed E-state index contributed by atoms with van der Waals surface area (Å²) in [6.45, 7) is 7.78. The monoisotopic (exact) mass is 449 g/mol. The number of nitrogens with one attached hydrogen (secondary N) is 2. The highest BCUT2D eigenvalue weighted by Gasteiger charge is 2.24. The Hall–Kier alpha value is -3.63. The normalized spacial score (nSPS) is 14.2. The first-order valence-corrected chi connectivity index (χ1v) is 12.2. The lowest BCUT2D eigenvalue weighted by Crippen LogP contribution is -2.24. The number of nitrogens with zero attached hydrogens (tertiary/aromatic N) is 1. The zero-order chi connectivity index (χ0) is 23.5. The predicted molar refractivity (Wildman–Crippen MR) is 143 cm³/mol. The Morgan fingerprint density at radius 1 is 0.882 bits per heavy atom. The van der Waals surface area contributed by atoms with E-state index in [4.69, 9.17) is 0 Å². The van der Waals surface area contributed by atoms with Crippen molar-refractivity contribution in [2.24, 2.45) is 0 Å². The highest BCUT2D eigenvalue weighted by atomic mass is 16.2. The average molecular weight is 450 g/mol. The average Bonchev–Trinajstić information content (AvgIpc) is 3.41. The molecular weight excluding hydrogens is 418 g/mol. The molecular formula is C30H31N3O. The van der Waals surface area contributed by atoms with E-state index in [-0.39, 0.29) is 5.91 Å². The third kappa shape index (κ3) is 4.55. The number of benzene rings is 3. The highest BCUT2D eigenvalue weighted by molar-refractivity contribution is 6.35.